The Morgan fingerprint density at radius 3 is 2.95 bits per heavy atom. The van der Waals surface area contributed by atoms with Crippen molar-refractivity contribution >= 4 is 29.5 Å². The number of anilines is 2. The van der Waals surface area contributed by atoms with Crippen LogP contribution < -0.4 is 14.3 Å². The van der Waals surface area contributed by atoms with Gasteiger partial charge in [0.25, 0.3) is 5.91 Å². The monoisotopic (exact) mass is 324 g/mol. The maximum absolute atomic E-state index is 14.2. The van der Waals surface area contributed by atoms with Crippen LogP contribution in [0.15, 0.2) is 22.7 Å². The Morgan fingerprint density at radius 1 is 1.55 bits per heavy atom. The minimum Gasteiger partial charge on any atom is -0.506 e. The number of aryl methyl sites for hydroxylation is 1. The molecule has 0 unspecified atom stereocenters. The molecule has 9 heteroatoms. The third-order valence-corrected chi connectivity index (χ3v) is 3.86. The molecule has 1 amide bonds. The van der Waals surface area contributed by atoms with Gasteiger partial charge in [-0.2, -0.15) is 0 Å². The average molecular weight is 324 g/mol. The van der Waals surface area contributed by atoms with Gasteiger partial charge in [0.2, 0.25) is 0 Å². The highest BCUT2D eigenvalue weighted by atomic mass is 32.2. The Hall–Kier alpha value is -2.42. The van der Waals surface area contributed by atoms with Crippen LogP contribution in [0.25, 0.3) is 0 Å². The largest absolute Gasteiger partial charge is 0.506 e. The highest BCUT2D eigenvalue weighted by Crippen LogP contribution is 2.36. The lowest BCUT2D eigenvalue weighted by Crippen LogP contribution is -2.16. The lowest BCUT2D eigenvalue weighted by molar-refractivity contribution is -0.117. The van der Waals surface area contributed by atoms with Crippen LogP contribution in [0.3, 0.4) is 0 Å². The zero-order chi connectivity index (χ0) is 15.7. The van der Waals surface area contributed by atoms with Crippen LogP contribution in [-0.2, 0) is 11.3 Å². The summed E-state index contributed by atoms with van der Waals surface area (Å²) in [6, 6.07) is 4.46. The number of amides is 1. The van der Waals surface area contributed by atoms with Crippen LogP contribution in [0.2, 0.25) is 0 Å². The molecule has 0 saturated carbocycles. The van der Waals surface area contributed by atoms with Gasteiger partial charge in [-0.3, -0.25) is 13.8 Å². The molecule has 1 aromatic carbocycles. The molecule has 116 valence electrons. The highest BCUT2D eigenvalue weighted by Gasteiger charge is 2.26. The van der Waals surface area contributed by atoms with Crippen LogP contribution in [0.5, 0.6) is 5.75 Å². The fourth-order valence-electron chi connectivity index (χ4n) is 2.06. The van der Waals surface area contributed by atoms with E-state index in [0.29, 0.717) is 17.1 Å². The Labute approximate surface area is 129 Å². The second kappa shape index (κ2) is 5.76. The van der Waals surface area contributed by atoms with Crippen molar-refractivity contribution in [1.29, 1.82) is 0 Å². The molecule has 1 aromatic heterocycles. The average Bonchev–Trinajstić information content (AvgIpc) is 3.05. The van der Waals surface area contributed by atoms with Crippen molar-refractivity contribution in [1.82, 2.24) is 9.88 Å². The number of halogens is 1. The number of nitrogens with one attached hydrogen (secondary N) is 2. The summed E-state index contributed by atoms with van der Waals surface area (Å²) in [4.78, 5) is 11.2. The minimum absolute atomic E-state index is 0.00897. The van der Waals surface area contributed by atoms with Gasteiger partial charge >= 0.3 is 0 Å². The quantitative estimate of drug-likeness (QED) is 0.740. The van der Waals surface area contributed by atoms with Crippen molar-refractivity contribution in [2.75, 3.05) is 16.2 Å². The summed E-state index contributed by atoms with van der Waals surface area (Å²) < 4.78 is 23.0. The number of carbonyl (C=O) groups is 1. The van der Waals surface area contributed by atoms with Crippen LogP contribution in [0, 0.1) is 12.7 Å². The molecule has 7 nitrogen and oxygen atoms in total. The first-order valence-electron chi connectivity index (χ1n) is 6.45. The maximum atomic E-state index is 14.2. The molecule has 0 atom stereocenters. The summed E-state index contributed by atoms with van der Waals surface area (Å²) in [7, 11) is 0. The van der Waals surface area contributed by atoms with E-state index < -0.39 is 5.82 Å². The van der Waals surface area contributed by atoms with Gasteiger partial charge in [-0.05, 0) is 24.6 Å². The lowest BCUT2D eigenvalue weighted by atomic mass is 10.1. The van der Waals surface area contributed by atoms with E-state index in [1.54, 1.807) is 13.0 Å². The summed E-state index contributed by atoms with van der Waals surface area (Å²) in [5, 5.41) is 16.8. The van der Waals surface area contributed by atoms with E-state index in [4.69, 9.17) is 4.52 Å². The van der Waals surface area contributed by atoms with Crippen LogP contribution in [0.4, 0.5) is 15.9 Å². The number of aromatic nitrogens is 1. The Kier molecular flexibility index (Phi) is 3.80. The molecule has 2 aromatic rings. The van der Waals surface area contributed by atoms with E-state index in [-0.39, 0.29) is 30.4 Å². The molecular weight excluding hydrogens is 311 g/mol. The van der Waals surface area contributed by atoms with Gasteiger partial charge in [0.1, 0.15) is 23.7 Å². The van der Waals surface area contributed by atoms with E-state index >= 15 is 0 Å². The molecule has 0 bridgehead atoms. The van der Waals surface area contributed by atoms with Gasteiger partial charge < -0.3 is 14.9 Å². The molecule has 1 aliphatic rings. The summed E-state index contributed by atoms with van der Waals surface area (Å²) in [6.07, 6.45) is 0. The van der Waals surface area contributed by atoms with Crippen molar-refractivity contribution < 1.29 is 18.8 Å². The smallest absolute Gasteiger partial charge is 0.251 e. The lowest BCUT2D eigenvalue weighted by Gasteiger charge is -2.17. The van der Waals surface area contributed by atoms with E-state index in [2.05, 4.69) is 15.2 Å². The number of hydrogen-bond acceptors (Lipinski definition) is 7. The number of benzene rings is 1. The predicted molar refractivity (Wildman–Crippen MR) is 79.7 cm³/mol. The van der Waals surface area contributed by atoms with E-state index in [1.165, 1.54) is 16.4 Å². The standard InChI is InChI=1S/C13H13FN4O3S/c1-7-2-11(16-21-7)15-5-8-3-9(14)13(10(19)4-8)18-6-12(20)17-22-18/h2-4,19H,5-6H2,1H3,(H,15,16)(H,17,20). The summed E-state index contributed by atoms with van der Waals surface area (Å²) >= 11 is 0.947. The predicted octanol–water partition coefficient (Wildman–Crippen LogP) is 1.94. The van der Waals surface area contributed by atoms with Crippen molar-refractivity contribution in [2.45, 2.75) is 13.5 Å². The maximum Gasteiger partial charge on any atom is 0.251 e. The summed E-state index contributed by atoms with van der Waals surface area (Å²) in [5.74, 6) is 0.131. The van der Waals surface area contributed by atoms with Crippen molar-refractivity contribution in [3.8, 4) is 5.75 Å². The molecule has 0 radical (unpaired) electrons. The number of phenolic OH excluding ortho intramolecular Hbond substituents is 1. The number of hydrogen-bond donors (Lipinski definition) is 3. The summed E-state index contributed by atoms with van der Waals surface area (Å²) in [5.41, 5.74) is 0.535. The SMILES string of the molecule is Cc1cc(NCc2cc(O)c(N3CC(=O)NS3)c(F)c2)no1. The number of nitrogens with zero attached hydrogens (tertiary/aromatic N) is 2. The van der Waals surface area contributed by atoms with Crippen molar-refractivity contribution in [2.24, 2.45) is 0 Å². The zero-order valence-electron chi connectivity index (χ0n) is 11.6. The Bertz CT molecular complexity index is 698. The number of rotatable bonds is 4. The van der Waals surface area contributed by atoms with Gasteiger partial charge in [0, 0.05) is 12.6 Å². The Balaban J connectivity index is 1.75. The molecule has 0 spiro atoms. The number of aromatic hydroxyl groups is 1. The first kappa shape index (κ1) is 14.5. The fraction of sp³-hybridized carbons (Fsp3) is 0.231. The Morgan fingerprint density at radius 2 is 2.36 bits per heavy atom. The topological polar surface area (TPSA) is 90.6 Å². The second-order valence-electron chi connectivity index (χ2n) is 4.77. The third kappa shape index (κ3) is 2.93. The molecule has 22 heavy (non-hydrogen) atoms. The molecule has 0 aliphatic carbocycles. The minimum atomic E-state index is -0.600. The molecule has 1 aliphatic heterocycles. The molecule has 3 rings (SSSR count). The highest BCUT2D eigenvalue weighted by molar-refractivity contribution is 7.99. The van der Waals surface area contributed by atoms with Crippen LogP contribution in [0.1, 0.15) is 11.3 Å². The van der Waals surface area contributed by atoms with Crippen molar-refractivity contribution in [3.05, 3.63) is 35.3 Å². The molecule has 3 N–H and O–H groups in total. The van der Waals surface area contributed by atoms with Gasteiger partial charge in [-0.1, -0.05) is 5.16 Å². The zero-order valence-corrected chi connectivity index (χ0v) is 12.4. The molecule has 1 saturated heterocycles. The van der Waals surface area contributed by atoms with Gasteiger partial charge in [0.05, 0.1) is 12.1 Å². The summed E-state index contributed by atoms with van der Waals surface area (Å²) in [6.45, 7) is 2.04. The van der Waals surface area contributed by atoms with Gasteiger partial charge in [-0.15, -0.1) is 0 Å². The first-order valence-corrected chi connectivity index (χ1v) is 7.22. The third-order valence-electron chi connectivity index (χ3n) is 3.01. The fourth-order valence-corrected chi connectivity index (χ4v) is 2.79. The normalized spacial score (nSPS) is 14.3. The van der Waals surface area contributed by atoms with Gasteiger partial charge in [-0.25, -0.2) is 4.39 Å². The van der Waals surface area contributed by atoms with E-state index in [0.717, 1.165) is 12.1 Å². The second-order valence-corrected chi connectivity index (χ2v) is 5.60. The van der Waals surface area contributed by atoms with Gasteiger partial charge in [0.15, 0.2) is 11.6 Å². The van der Waals surface area contributed by atoms with E-state index in [1.807, 2.05) is 0 Å². The van der Waals surface area contributed by atoms with Crippen LogP contribution >= 0.6 is 12.1 Å². The molecule has 2 heterocycles. The number of carbonyl (C=O) groups excluding carboxylic acids is 1. The molecular formula is C13H13FN4O3S. The first-order chi connectivity index (χ1) is 10.5. The van der Waals surface area contributed by atoms with Crippen molar-refractivity contribution in [3.63, 3.8) is 0 Å². The number of phenols is 1. The molecule has 1 fully saturated rings. The van der Waals surface area contributed by atoms with E-state index in [9.17, 15) is 14.3 Å². The van der Waals surface area contributed by atoms with Crippen LogP contribution in [-0.4, -0.2) is 22.7 Å².